The van der Waals surface area contributed by atoms with Crippen molar-refractivity contribution in [1.29, 1.82) is 5.26 Å². The topological polar surface area (TPSA) is 49.8 Å². The van der Waals surface area contributed by atoms with E-state index >= 15 is 0 Å². The van der Waals surface area contributed by atoms with E-state index in [1.165, 1.54) is 0 Å². The molecule has 0 atom stereocenters. The van der Waals surface area contributed by atoms with Crippen molar-refractivity contribution in [2.75, 3.05) is 0 Å². The largest absolute Gasteiger partial charge is 0.355 e. The van der Waals surface area contributed by atoms with Gasteiger partial charge in [-0.05, 0) is 24.6 Å². The van der Waals surface area contributed by atoms with Crippen LogP contribution in [0.4, 0.5) is 0 Å². The molecule has 0 amide bonds. The van der Waals surface area contributed by atoms with Gasteiger partial charge in [0.25, 0.3) is 0 Å². The molecule has 12 heavy (non-hydrogen) atoms. The summed E-state index contributed by atoms with van der Waals surface area (Å²) >= 11 is 0. The molecule has 0 spiro atoms. The molecule has 0 radical (unpaired) electrons. The quantitative estimate of drug-likeness (QED) is 0.589. The fraction of sp³-hybridized carbons (Fsp3) is 0.111. The Bertz CT molecular complexity index is 465. The highest BCUT2D eigenvalue weighted by atomic mass is 16.5. The number of rotatable bonds is 0. The number of aryl methyl sites for hydroxylation is 1. The van der Waals surface area contributed by atoms with Crippen molar-refractivity contribution in [3.05, 3.63) is 29.5 Å². The Morgan fingerprint density at radius 1 is 1.50 bits per heavy atom. The van der Waals surface area contributed by atoms with E-state index in [9.17, 15) is 0 Å². The lowest BCUT2D eigenvalue weighted by atomic mass is 10.1. The molecular formula is C9H6N2O. The molecule has 3 nitrogen and oxygen atoms in total. The summed E-state index contributed by atoms with van der Waals surface area (Å²) in [5, 5.41) is 13.0. The van der Waals surface area contributed by atoms with Crippen molar-refractivity contribution < 1.29 is 4.52 Å². The van der Waals surface area contributed by atoms with Crippen LogP contribution in [0.1, 0.15) is 11.3 Å². The van der Waals surface area contributed by atoms with Gasteiger partial charge in [0, 0.05) is 0 Å². The van der Waals surface area contributed by atoms with E-state index < -0.39 is 0 Å². The summed E-state index contributed by atoms with van der Waals surface area (Å²) in [6.07, 6.45) is 0. The minimum Gasteiger partial charge on any atom is -0.355 e. The first-order chi connectivity index (χ1) is 5.81. The maximum atomic E-state index is 8.62. The Balaban J connectivity index is 2.84. The van der Waals surface area contributed by atoms with Crippen LogP contribution in [0.15, 0.2) is 22.7 Å². The third kappa shape index (κ3) is 0.857. The molecule has 0 N–H and O–H groups in total. The number of aromatic nitrogens is 1. The van der Waals surface area contributed by atoms with Crippen LogP contribution in [-0.2, 0) is 0 Å². The minimum atomic E-state index is 0.352. The van der Waals surface area contributed by atoms with Crippen LogP contribution >= 0.6 is 0 Å². The van der Waals surface area contributed by atoms with E-state index in [-0.39, 0.29) is 0 Å². The van der Waals surface area contributed by atoms with Crippen molar-refractivity contribution >= 4 is 11.0 Å². The van der Waals surface area contributed by atoms with Gasteiger partial charge in [0.1, 0.15) is 6.07 Å². The number of benzene rings is 1. The molecule has 0 bridgehead atoms. The summed E-state index contributed by atoms with van der Waals surface area (Å²) in [6, 6.07) is 7.61. The Morgan fingerprint density at radius 3 is 3.08 bits per heavy atom. The first kappa shape index (κ1) is 6.86. The molecule has 0 fully saturated rings. The van der Waals surface area contributed by atoms with E-state index in [0.717, 1.165) is 10.9 Å². The second kappa shape index (κ2) is 2.35. The van der Waals surface area contributed by atoms with Crippen molar-refractivity contribution in [1.82, 2.24) is 5.16 Å². The van der Waals surface area contributed by atoms with Gasteiger partial charge >= 0.3 is 0 Å². The molecule has 0 saturated carbocycles. The maximum Gasteiger partial charge on any atom is 0.191 e. The third-order valence-electron chi connectivity index (χ3n) is 1.73. The van der Waals surface area contributed by atoms with Crippen molar-refractivity contribution in [2.24, 2.45) is 0 Å². The molecule has 1 aromatic carbocycles. The highest BCUT2D eigenvalue weighted by Gasteiger charge is 2.05. The Hall–Kier alpha value is -1.82. The predicted molar refractivity (Wildman–Crippen MR) is 43.5 cm³/mol. The molecule has 1 aromatic heterocycles. The maximum absolute atomic E-state index is 8.62. The van der Waals surface area contributed by atoms with E-state index in [1.807, 2.05) is 31.2 Å². The van der Waals surface area contributed by atoms with Crippen LogP contribution < -0.4 is 0 Å². The molecule has 0 aliphatic rings. The van der Waals surface area contributed by atoms with Crippen LogP contribution in [-0.4, -0.2) is 5.16 Å². The van der Waals surface area contributed by atoms with Crippen LogP contribution in [0, 0.1) is 18.3 Å². The van der Waals surface area contributed by atoms with Crippen LogP contribution in [0.3, 0.4) is 0 Å². The Morgan fingerprint density at radius 2 is 2.33 bits per heavy atom. The van der Waals surface area contributed by atoms with Gasteiger partial charge in [-0.3, -0.25) is 0 Å². The standard InChI is InChI=1S/C9H6N2O/c1-6-2-3-7-8(5-10)11-12-9(7)4-6/h2-4H,1H3. The molecular weight excluding hydrogens is 152 g/mol. The normalized spacial score (nSPS) is 10.0. The lowest BCUT2D eigenvalue weighted by molar-refractivity contribution is 0.453. The zero-order valence-electron chi connectivity index (χ0n) is 6.53. The van der Waals surface area contributed by atoms with E-state index in [1.54, 1.807) is 0 Å². The number of hydrogen-bond donors (Lipinski definition) is 0. The number of hydrogen-bond acceptors (Lipinski definition) is 3. The molecule has 0 unspecified atom stereocenters. The molecule has 1 heterocycles. The fourth-order valence-corrected chi connectivity index (χ4v) is 1.13. The highest BCUT2D eigenvalue weighted by Crippen LogP contribution is 2.18. The van der Waals surface area contributed by atoms with Gasteiger partial charge in [0.2, 0.25) is 0 Å². The van der Waals surface area contributed by atoms with Crippen molar-refractivity contribution in [2.45, 2.75) is 6.92 Å². The van der Waals surface area contributed by atoms with E-state index in [0.29, 0.717) is 11.3 Å². The smallest absolute Gasteiger partial charge is 0.191 e. The first-order valence-corrected chi connectivity index (χ1v) is 3.57. The zero-order valence-corrected chi connectivity index (χ0v) is 6.53. The average Bonchev–Trinajstić information content (AvgIpc) is 2.46. The van der Waals surface area contributed by atoms with E-state index in [2.05, 4.69) is 5.16 Å². The van der Waals surface area contributed by atoms with Gasteiger partial charge in [0.05, 0.1) is 5.39 Å². The summed E-state index contributed by atoms with van der Waals surface area (Å²) in [5.74, 6) is 0. The van der Waals surface area contributed by atoms with Crippen molar-refractivity contribution in [3.63, 3.8) is 0 Å². The number of fused-ring (bicyclic) bond motifs is 1. The van der Waals surface area contributed by atoms with Gasteiger partial charge in [-0.2, -0.15) is 5.26 Å². The Labute approximate surface area is 69.2 Å². The van der Waals surface area contributed by atoms with Gasteiger partial charge < -0.3 is 4.52 Å². The second-order valence-electron chi connectivity index (χ2n) is 2.64. The summed E-state index contributed by atoms with van der Waals surface area (Å²) < 4.78 is 4.95. The number of nitrogens with zero attached hydrogens (tertiary/aromatic N) is 2. The van der Waals surface area contributed by atoms with Gasteiger partial charge in [-0.15, -0.1) is 0 Å². The summed E-state index contributed by atoms with van der Waals surface area (Å²) in [6.45, 7) is 1.97. The first-order valence-electron chi connectivity index (χ1n) is 3.57. The van der Waals surface area contributed by atoms with Crippen LogP contribution in [0.25, 0.3) is 11.0 Å². The minimum absolute atomic E-state index is 0.352. The molecule has 0 aliphatic carbocycles. The molecule has 0 saturated heterocycles. The van der Waals surface area contributed by atoms with Crippen molar-refractivity contribution in [3.8, 4) is 6.07 Å². The monoisotopic (exact) mass is 158 g/mol. The van der Waals surface area contributed by atoms with Gasteiger partial charge in [0.15, 0.2) is 11.3 Å². The lowest BCUT2D eigenvalue weighted by Gasteiger charge is -1.88. The summed E-state index contributed by atoms with van der Waals surface area (Å²) in [7, 11) is 0. The van der Waals surface area contributed by atoms with Gasteiger partial charge in [-0.1, -0.05) is 11.2 Å². The van der Waals surface area contributed by atoms with E-state index in [4.69, 9.17) is 9.78 Å². The number of nitriles is 1. The highest BCUT2D eigenvalue weighted by molar-refractivity contribution is 5.82. The van der Waals surface area contributed by atoms with Gasteiger partial charge in [-0.25, -0.2) is 0 Å². The SMILES string of the molecule is Cc1ccc2c(C#N)noc2c1. The molecule has 0 aliphatic heterocycles. The molecule has 3 heteroatoms. The third-order valence-corrected chi connectivity index (χ3v) is 1.73. The molecule has 2 rings (SSSR count). The summed E-state index contributed by atoms with van der Waals surface area (Å²) in [4.78, 5) is 0. The Kier molecular flexibility index (Phi) is 1.34. The fourth-order valence-electron chi connectivity index (χ4n) is 1.13. The average molecular weight is 158 g/mol. The molecule has 2 aromatic rings. The van der Waals surface area contributed by atoms with Crippen LogP contribution in [0.2, 0.25) is 0 Å². The lowest BCUT2D eigenvalue weighted by Crippen LogP contribution is -1.73. The predicted octanol–water partition coefficient (Wildman–Crippen LogP) is 2.01. The molecule has 58 valence electrons. The second-order valence-corrected chi connectivity index (χ2v) is 2.64. The summed E-state index contributed by atoms with van der Waals surface area (Å²) in [5.41, 5.74) is 2.12. The zero-order chi connectivity index (χ0) is 8.55. The van der Waals surface area contributed by atoms with Crippen LogP contribution in [0.5, 0.6) is 0 Å².